The molecule has 0 bridgehead atoms. The number of rotatable bonds is 13. The molecule has 0 fully saturated rings. The molecule has 9 nitrogen and oxygen atoms in total. The number of hydrogen-bond donors (Lipinski definition) is 0. The Kier molecular flexibility index (Phi) is 10.9. The van der Waals surface area contributed by atoms with Gasteiger partial charge in [0, 0.05) is 23.0 Å². The minimum absolute atomic E-state index is 0.0825. The Morgan fingerprint density at radius 2 is 1.46 bits per heavy atom. The van der Waals surface area contributed by atoms with E-state index < -0.39 is 11.9 Å². The molecule has 0 saturated heterocycles. The van der Waals surface area contributed by atoms with Gasteiger partial charge in [-0.3, -0.25) is 0 Å². The van der Waals surface area contributed by atoms with E-state index in [9.17, 15) is 15.3 Å². The van der Waals surface area contributed by atoms with E-state index in [-0.39, 0.29) is 13.2 Å². The molecule has 8 rings (SSSR count). The second-order valence-corrected chi connectivity index (χ2v) is 15.0. The highest BCUT2D eigenvalue weighted by Crippen LogP contribution is 2.41. The molecule has 56 heavy (non-hydrogen) atoms. The largest absolute Gasteiger partial charge is 0.460 e. The maximum absolute atomic E-state index is 13.7. The van der Waals surface area contributed by atoms with Crippen molar-refractivity contribution >= 4 is 60.2 Å². The van der Waals surface area contributed by atoms with Crippen molar-refractivity contribution in [2.24, 2.45) is 0 Å². The van der Waals surface area contributed by atoms with Gasteiger partial charge in [0.25, 0.3) is 0 Å². The number of carbonyl (C=O) groups excluding carboxylic acids is 1. The lowest BCUT2D eigenvalue weighted by atomic mass is 9.88. The predicted molar refractivity (Wildman–Crippen MR) is 217 cm³/mol. The molecular weight excluding hydrogens is 741 g/mol. The second kappa shape index (κ2) is 16.7. The maximum atomic E-state index is 13.7. The third-order valence-electron chi connectivity index (χ3n) is 9.27. The zero-order valence-corrected chi connectivity index (χ0v) is 32.0. The molecule has 0 radical (unpaired) electrons. The third kappa shape index (κ3) is 7.41. The molecule has 276 valence electrons. The van der Waals surface area contributed by atoms with Crippen molar-refractivity contribution in [3.63, 3.8) is 0 Å². The van der Waals surface area contributed by atoms with Crippen LogP contribution in [0.1, 0.15) is 56.3 Å². The van der Waals surface area contributed by atoms with Crippen LogP contribution in [0.15, 0.2) is 109 Å². The number of ether oxygens (including phenoxy) is 4. The molecule has 3 heterocycles. The van der Waals surface area contributed by atoms with E-state index in [1.807, 2.05) is 104 Å². The van der Waals surface area contributed by atoms with E-state index in [0.717, 1.165) is 48.8 Å². The SMILES string of the molecule is CCCOCCOCCOC(=O)c1ccccc1C1=c2ccc(=C(C#N)c3nc4ccccc4s3)cc2Oc2cc(C(C#N)c3nc4ccccc4s3)ccc21. The van der Waals surface area contributed by atoms with Crippen LogP contribution in [0.4, 0.5) is 0 Å². The third-order valence-corrected chi connectivity index (χ3v) is 11.4. The molecular formula is C45H34N4O5S2. The summed E-state index contributed by atoms with van der Waals surface area (Å²) in [6.07, 6.45) is 0.938. The molecule has 2 aromatic heterocycles. The number of thiazole rings is 2. The van der Waals surface area contributed by atoms with E-state index >= 15 is 0 Å². The van der Waals surface area contributed by atoms with Gasteiger partial charge in [0.15, 0.2) is 0 Å². The van der Waals surface area contributed by atoms with E-state index in [1.165, 1.54) is 22.7 Å². The summed E-state index contributed by atoms with van der Waals surface area (Å²) >= 11 is 2.94. The Morgan fingerprint density at radius 3 is 2.21 bits per heavy atom. The normalized spacial score (nSPS) is 12.9. The lowest BCUT2D eigenvalue weighted by Gasteiger charge is -2.23. The van der Waals surface area contributed by atoms with Gasteiger partial charge in [-0.25, -0.2) is 14.8 Å². The van der Waals surface area contributed by atoms with Crippen molar-refractivity contribution in [2.75, 3.05) is 33.0 Å². The number of hydrogen-bond acceptors (Lipinski definition) is 11. The summed E-state index contributed by atoms with van der Waals surface area (Å²) in [6.45, 7) is 3.95. The lowest BCUT2D eigenvalue weighted by Crippen LogP contribution is -2.22. The van der Waals surface area contributed by atoms with Crippen molar-refractivity contribution in [3.05, 3.63) is 152 Å². The number of esters is 1. The van der Waals surface area contributed by atoms with Crippen LogP contribution in [0.2, 0.25) is 0 Å². The summed E-state index contributed by atoms with van der Waals surface area (Å²) in [7, 11) is 0. The van der Waals surface area contributed by atoms with Crippen LogP contribution < -0.4 is 15.2 Å². The Hall–Kier alpha value is -6.21. The smallest absolute Gasteiger partial charge is 0.338 e. The molecule has 1 unspecified atom stereocenters. The first-order chi connectivity index (χ1) is 27.6. The highest BCUT2D eigenvalue weighted by molar-refractivity contribution is 7.19. The molecule has 0 saturated carbocycles. The Morgan fingerprint density at radius 1 is 0.750 bits per heavy atom. The summed E-state index contributed by atoms with van der Waals surface area (Å²) in [5.41, 5.74) is 5.32. The highest BCUT2D eigenvalue weighted by atomic mass is 32.1. The van der Waals surface area contributed by atoms with Gasteiger partial charge >= 0.3 is 5.97 Å². The number of carbonyl (C=O) groups is 1. The van der Waals surface area contributed by atoms with Gasteiger partial charge in [-0.2, -0.15) is 10.5 Å². The minimum atomic E-state index is -0.641. The first kappa shape index (κ1) is 36.8. The summed E-state index contributed by atoms with van der Waals surface area (Å²) in [6, 6.07) is 39.1. The number of nitriles is 2. The maximum Gasteiger partial charge on any atom is 0.338 e. The fraction of sp³-hybridized carbons (Fsp3) is 0.178. The van der Waals surface area contributed by atoms with E-state index in [4.69, 9.17) is 28.9 Å². The van der Waals surface area contributed by atoms with Crippen LogP contribution in [0, 0.1) is 22.7 Å². The molecule has 0 spiro atoms. The Balaban J connectivity index is 1.22. The van der Waals surface area contributed by atoms with E-state index in [1.54, 1.807) is 12.1 Å². The van der Waals surface area contributed by atoms with Crippen LogP contribution in [-0.2, 0) is 14.2 Å². The molecule has 0 N–H and O–H groups in total. The molecule has 5 aromatic carbocycles. The molecule has 1 aliphatic heterocycles. The van der Waals surface area contributed by atoms with Gasteiger partial charge in [0.2, 0.25) is 0 Å². The van der Waals surface area contributed by atoms with Crippen molar-refractivity contribution < 1.29 is 23.7 Å². The zero-order valence-electron chi connectivity index (χ0n) is 30.4. The number of benzene rings is 5. The number of fused-ring (bicyclic) bond motifs is 4. The Labute approximate surface area is 331 Å². The monoisotopic (exact) mass is 774 g/mol. The summed E-state index contributed by atoms with van der Waals surface area (Å²) in [4.78, 5) is 23.2. The topological polar surface area (TPSA) is 127 Å². The summed E-state index contributed by atoms with van der Waals surface area (Å²) < 4.78 is 25.4. The average Bonchev–Trinajstić information content (AvgIpc) is 3.86. The first-order valence-electron chi connectivity index (χ1n) is 18.2. The summed E-state index contributed by atoms with van der Waals surface area (Å²) in [5.74, 6) is -0.133. The molecule has 1 atom stereocenters. The Bertz CT molecular complexity index is 2750. The minimum Gasteiger partial charge on any atom is -0.460 e. The molecule has 0 amide bonds. The fourth-order valence-electron chi connectivity index (χ4n) is 6.65. The van der Waals surface area contributed by atoms with Gasteiger partial charge in [-0.05, 0) is 71.3 Å². The fourth-order valence-corrected chi connectivity index (χ4v) is 8.67. The van der Waals surface area contributed by atoms with Gasteiger partial charge < -0.3 is 18.9 Å². The van der Waals surface area contributed by atoms with Crippen LogP contribution in [0.5, 0.6) is 11.5 Å². The molecule has 1 aliphatic rings. The molecule has 7 aromatic rings. The van der Waals surface area contributed by atoms with E-state index in [0.29, 0.717) is 63.3 Å². The van der Waals surface area contributed by atoms with Gasteiger partial charge in [0.05, 0.1) is 57.5 Å². The van der Waals surface area contributed by atoms with Crippen LogP contribution in [0.3, 0.4) is 0 Å². The van der Waals surface area contributed by atoms with Gasteiger partial charge in [-0.1, -0.05) is 67.6 Å². The van der Waals surface area contributed by atoms with Gasteiger partial charge in [-0.15, -0.1) is 22.7 Å². The van der Waals surface area contributed by atoms with Crippen LogP contribution >= 0.6 is 22.7 Å². The highest BCUT2D eigenvalue weighted by Gasteiger charge is 2.27. The first-order valence-corrected chi connectivity index (χ1v) is 19.8. The van der Waals surface area contributed by atoms with E-state index in [2.05, 4.69) is 12.1 Å². The number of para-hydroxylation sites is 2. The summed E-state index contributed by atoms with van der Waals surface area (Å²) in [5, 5.41) is 23.5. The van der Waals surface area contributed by atoms with Crippen LogP contribution in [0.25, 0.3) is 31.6 Å². The average molecular weight is 775 g/mol. The predicted octanol–water partition coefficient (Wildman–Crippen LogP) is 8.24. The number of aromatic nitrogens is 2. The van der Waals surface area contributed by atoms with Gasteiger partial charge in [0.1, 0.15) is 40.1 Å². The van der Waals surface area contributed by atoms with Crippen molar-refractivity contribution in [1.82, 2.24) is 9.97 Å². The van der Waals surface area contributed by atoms with Crippen molar-refractivity contribution in [1.29, 1.82) is 10.5 Å². The number of nitrogens with zero attached hydrogens (tertiary/aromatic N) is 4. The quantitative estimate of drug-likeness (QED) is 0.0841. The second-order valence-electron chi connectivity index (χ2n) is 12.9. The van der Waals surface area contributed by atoms with Crippen molar-refractivity contribution in [3.8, 4) is 23.6 Å². The van der Waals surface area contributed by atoms with Crippen molar-refractivity contribution in [2.45, 2.75) is 19.3 Å². The standard InChI is InChI=1S/C45H34N4O5S2/c1-2-19-51-20-21-52-22-23-53-45(50)31-10-4-3-9-30(31)42-32-17-15-28(34(26-46)43-48-36-11-5-7-13-40(36)55-43)24-38(32)54-39-25-29(16-18-33(39)42)35(27-47)44-49-37-12-6-8-14-41(37)56-44/h3-18,24-25,34H,2,19-23H2,1H3. The molecule has 0 aliphatic carbocycles. The van der Waals surface area contributed by atoms with Crippen LogP contribution in [-0.4, -0.2) is 49.0 Å². The lowest BCUT2D eigenvalue weighted by molar-refractivity contribution is 0.0147. The zero-order chi connectivity index (χ0) is 38.4. The molecule has 11 heteroatoms.